The molecule has 1 aliphatic heterocycles. The van der Waals surface area contributed by atoms with Gasteiger partial charge in [0.1, 0.15) is 5.82 Å². The molecule has 0 aromatic carbocycles. The summed E-state index contributed by atoms with van der Waals surface area (Å²) in [4.78, 5) is 32.5. The normalized spacial score (nSPS) is 26.9. The predicted molar refractivity (Wildman–Crippen MR) is 71.9 cm³/mol. The summed E-state index contributed by atoms with van der Waals surface area (Å²) in [6, 6.07) is 1.47. The molecule has 1 saturated heterocycles. The second-order valence-electron chi connectivity index (χ2n) is 4.26. The van der Waals surface area contributed by atoms with Crippen LogP contribution >= 0.6 is 19.6 Å². The van der Waals surface area contributed by atoms with E-state index in [2.05, 4.69) is 9.51 Å². The molecule has 3 atom stereocenters. The molecule has 1 aromatic heterocycles. The zero-order valence-corrected chi connectivity index (χ0v) is 11.9. The van der Waals surface area contributed by atoms with E-state index in [9.17, 15) is 14.5 Å². The molecule has 1 aromatic rings. The summed E-state index contributed by atoms with van der Waals surface area (Å²) in [6.45, 7) is -0.302. The van der Waals surface area contributed by atoms with Crippen LogP contribution in [0.25, 0.3) is 0 Å². The Hall–Kier alpha value is -0.900. The molecule has 0 bridgehead atoms. The Bertz CT molecular complexity index is 589. The number of anilines is 1. The molecule has 112 valence electrons. The van der Waals surface area contributed by atoms with Crippen LogP contribution < -0.4 is 11.4 Å². The van der Waals surface area contributed by atoms with Crippen molar-refractivity contribution in [2.45, 2.75) is 23.1 Å². The zero-order valence-electron chi connectivity index (χ0n) is 10.2. The number of phosphoric acid groups is 1. The zero-order chi connectivity index (χ0) is 14.9. The van der Waals surface area contributed by atoms with Gasteiger partial charge in [0.05, 0.1) is 23.3 Å². The summed E-state index contributed by atoms with van der Waals surface area (Å²) in [6.07, 6.45) is 0.896. The lowest BCUT2D eigenvalue weighted by Gasteiger charge is -2.14. The molecule has 9 nitrogen and oxygen atoms in total. The van der Waals surface area contributed by atoms with Crippen molar-refractivity contribution in [1.29, 1.82) is 0 Å². The van der Waals surface area contributed by atoms with Crippen molar-refractivity contribution in [2.75, 3.05) is 12.3 Å². The summed E-state index contributed by atoms with van der Waals surface area (Å²) < 4.78 is 16.3. The third-order valence-electron chi connectivity index (χ3n) is 2.77. The first-order chi connectivity index (χ1) is 9.26. The number of rotatable bonds is 4. The molecular formula is C9H14N3O6PS. The van der Waals surface area contributed by atoms with Gasteiger partial charge in [0.25, 0.3) is 0 Å². The second kappa shape index (κ2) is 5.84. The molecule has 0 saturated carbocycles. The van der Waals surface area contributed by atoms with Crippen LogP contribution in [0.1, 0.15) is 11.8 Å². The van der Waals surface area contributed by atoms with Gasteiger partial charge < -0.3 is 20.6 Å². The summed E-state index contributed by atoms with van der Waals surface area (Å²) in [5.74, 6) is 0.108. The summed E-state index contributed by atoms with van der Waals surface area (Å²) in [5, 5.41) is 8.94. The Morgan fingerprint density at radius 2 is 2.30 bits per heavy atom. The van der Waals surface area contributed by atoms with Crippen molar-refractivity contribution in [2.24, 2.45) is 0 Å². The number of aromatic nitrogens is 2. The van der Waals surface area contributed by atoms with E-state index in [1.165, 1.54) is 28.6 Å². The van der Waals surface area contributed by atoms with Crippen LogP contribution in [0.4, 0.5) is 5.82 Å². The molecular weight excluding hydrogens is 309 g/mol. The first-order valence-corrected chi connectivity index (χ1v) is 8.12. The number of hydrogen-bond donors (Lipinski definition) is 4. The van der Waals surface area contributed by atoms with Crippen LogP contribution in [0.15, 0.2) is 17.1 Å². The average Bonchev–Trinajstić information content (AvgIpc) is 2.67. The first kappa shape index (κ1) is 15.5. The summed E-state index contributed by atoms with van der Waals surface area (Å²) >= 11 is 1.20. The van der Waals surface area contributed by atoms with Gasteiger partial charge in [-0.2, -0.15) is 4.98 Å². The van der Waals surface area contributed by atoms with E-state index >= 15 is 0 Å². The highest BCUT2D eigenvalue weighted by atomic mass is 32.2. The molecule has 0 amide bonds. The van der Waals surface area contributed by atoms with E-state index in [1.807, 2.05) is 0 Å². The van der Waals surface area contributed by atoms with Gasteiger partial charge in [-0.3, -0.25) is 9.09 Å². The van der Waals surface area contributed by atoms with E-state index in [-0.39, 0.29) is 24.2 Å². The Morgan fingerprint density at radius 1 is 1.60 bits per heavy atom. The summed E-state index contributed by atoms with van der Waals surface area (Å²) in [7, 11) is -4.57. The number of nitrogens with zero attached hydrogens (tertiary/aromatic N) is 2. The minimum Gasteiger partial charge on any atom is -0.392 e. The molecule has 0 aliphatic carbocycles. The smallest absolute Gasteiger partial charge is 0.392 e. The third-order valence-corrected chi connectivity index (χ3v) is 4.79. The quantitative estimate of drug-likeness (QED) is 0.528. The monoisotopic (exact) mass is 323 g/mol. The molecule has 0 spiro atoms. The molecule has 1 fully saturated rings. The first-order valence-electron chi connectivity index (χ1n) is 5.64. The van der Waals surface area contributed by atoms with Crippen molar-refractivity contribution < 1.29 is 24.0 Å². The Morgan fingerprint density at radius 3 is 2.90 bits per heavy atom. The molecule has 20 heavy (non-hydrogen) atoms. The second-order valence-corrected chi connectivity index (χ2v) is 6.92. The largest absolute Gasteiger partial charge is 0.469 e. The third kappa shape index (κ3) is 3.81. The lowest BCUT2D eigenvalue weighted by molar-refractivity contribution is 0.128. The number of nitrogens with two attached hydrogens (primary N) is 1. The van der Waals surface area contributed by atoms with Gasteiger partial charge in [-0.25, -0.2) is 9.36 Å². The molecule has 3 unspecified atom stereocenters. The minimum atomic E-state index is -4.57. The molecule has 2 rings (SSSR count). The maximum absolute atomic E-state index is 11.7. The number of phosphoric ester groups is 1. The number of hydrogen-bond acceptors (Lipinski definition) is 7. The minimum absolute atomic E-state index is 0.108. The maximum atomic E-state index is 11.7. The van der Waals surface area contributed by atoms with Gasteiger partial charge in [0.2, 0.25) is 0 Å². The van der Waals surface area contributed by atoms with Crippen molar-refractivity contribution >= 4 is 25.4 Å². The molecule has 1 aliphatic rings. The Kier molecular flexibility index (Phi) is 4.52. The Balaban J connectivity index is 2.06. The topological polar surface area (TPSA) is 148 Å². The Labute approximate surface area is 118 Å². The van der Waals surface area contributed by atoms with Crippen LogP contribution in [0.3, 0.4) is 0 Å². The van der Waals surface area contributed by atoms with E-state index in [1.54, 1.807) is 0 Å². The van der Waals surface area contributed by atoms with Crippen molar-refractivity contribution in [3.63, 3.8) is 0 Å². The van der Waals surface area contributed by atoms with E-state index < -0.39 is 24.9 Å². The van der Waals surface area contributed by atoms with Gasteiger partial charge >= 0.3 is 13.5 Å². The lowest BCUT2D eigenvalue weighted by atomic mass is 10.2. The van der Waals surface area contributed by atoms with Crippen LogP contribution in [0.5, 0.6) is 0 Å². The van der Waals surface area contributed by atoms with Gasteiger partial charge in [0, 0.05) is 12.6 Å². The highest BCUT2D eigenvalue weighted by molar-refractivity contribution is 8.00. The lowest BCUT2D eigenvalue weighted by Crippen LogP contribution is -2.25. The van der Waals surface area contributed by atoms with Gasteiger partial charge in [-0.1, -0.05) is 0 Å². The fourth-order valence-electron chi connectivity index (χ4n) is 1.85. The molecule has 0 radical (unpaired) electrons. The number of thioether (sulfide) groups is 1. The highest BCUT2D eigenvalue weighted by Gasteiger charge is 2.36. The molecule has 5 N–H and O–H groups in total. The predicted octanol–water partition coefficient (Wildman–Crippen LogP) is -0.700. The number of aliphatic hydroxyl groups excluding tert-OH is 1. The maximum Gasteiger partial charge on any atom is 0.469 e. The molecule has 2 heterocycles. The van der Waals surface area contributed by atoms with Crippen LogP contribution in [-0.2, 0) is 9.09 Å². The van der Waals surface area contributed by atoms with Crippen molar-refractivity contribution in [3.8, 4) is 0 Å². The molecule has 11 heteroatoms. The van der Waals surface area contributed by atoms with Crippen molar-refractivity contribution in [3.05, 3.63) is 22.7 Å². The standard InChI is InChI=1S/C9H14N3O6PS/c10-7-1-2-12(9(14)11-7)8-3-5(13)6(20-8)4-18-19(15,16)17/h1-2,5-6,8,13H,3-4H2,(H2,10,11,14)(H2,15,16,17). The van der Waals surface area contributed by atoms with Gasteiger partial charge in [-0.15, -0.1) is 11.8 Å². The van der Waals surface area contributed by atoms with Crippen LogP contribution in [0, 0.1) is 0 Å². The fourth-order valence-corrected chi connectivity index (χ4v) is 3.75. The fraction of sp³-hybridized carbons (Fsp3) is 0.556. The van der Waals surface area contributed by atoms with Gasteiger partial charge in [-0.05, 0) is 6.07 Å². The number of nitrogen functional groups attached to an aromatic ring is 1. The van der Waals surface area contributed by atoms with Crippen molar-refractivity contribution in [1.82, 2.24) is 9.55 Å². The summed E-state index contributed by atoms with van der Waals surface area (Å²) in [5.41, 5.74) is 4.85. The number of aliphatic hydroxyl groups is 1. The SMILES string of the molecule is Nc1ccn(C2CC(O)C(COP(=O)(O)O)S2)c(=O)n1. The van der Waals surface area contributed by atoms with Crippen LogP contribution in [-0.4, -0.2) is 42.4 Å². The van der Waals surface area contributed by atoms with E-state index in [0.29, 0.717) is 0 Å². The van der Waals surface area contributed by atoms with Gasteiger partial charge in [0.15, 0.2) is 0 Å². The highest BCUT2D eigenvalue weighted by Crippen LogP contribution is 2.44. The van der Waals surface area contributed by atoms with Crippen LogP contribution in [0.2, 0.25) is 0 Å². The average molecular weight is 323 g/mol. The van der Waals surface area contributed by atoms with E-state index in [0.717, 1.165) is 0 Å². The van der Waals surface area contributed by atoms with E-state index in [4.69, 9.17) is 15.5 Å².